The molecular formula is C42H30F6N2O4. The fourth-order valence-electron chi connectivity index (χ4n) is 7.26. The number of methoxy groups -OCH3 is 4. The number of benzene rings is 6. The van der Waals surface area contributed by atoms with Gasteiger partial charge in [0.05, 0.1) is 73.0 Å². The summed E-state index contributed by atoms with van der Waals surface area (Å²) in [7, 11) is 5.99. The minimum atomic E-state index is -4.77. The lowest BCUT2D eigenvalue weighted by molar-refractivity contribution is -0.138. The first-order valence-electron chi connectivity index (χ1n) is 16.6. The zero-order chi connectivity index (χ0) is 38.1. The highest BCUT2D eigenvalue weighted by molar-refractivity contribution is 6.11. The Labute approximate surface area is 304 Å². The molecule has 274 valence electrons. The first-order chi connectivity index (χ1) is 25.8. The third-order valence-corrected chi connectivity index (χ3v) is 9.78. The van der Waals surface area contributed by atoms with Crippen LogP contribution in [0.2, 0.25) is 0 Å². The lowest BCUT2D eigenvalue weighted by Crippen LogP contribution is -2.12. The molecule has 0 saturated carbocycles. The highest BCUT2D eigenvalue weighted by Crippen LogP contribution is 2.45. The summed E-state index contributed by atoms with van der Waals surface area (Å²) in [6.45, 7) is 0. The van der Waals surface area contributed by atoms with E-state index in [9.17, 15) is 26.3 Å². The summed E-state index contributed by atoms with van der Waals surface area (Å²) in [5, 5.41) is 2.49. The van der Waals surface area contributed by atoms with Gasteiger partial charge in [0, 0.05) is 21.5 Å². The van der Waals surface area contributed by atoms with Gasteiger partial charge in [-0.15, -0.1) is 0 Å². The maximum absolute atomic E-state index is 14.9. The fraction of sp³-hybridized carbons (Fsp3) is 0.143. The summed E-state index contributed by atoms with van der Waals surface area (Å²) in [6, 6.07) is 27.5. The van der Waals surface area contributed by atoms with E-state index in [1.54, 1.807) is 72.8 Å². The number of ether oxygens (including phenoxy) is 4. The molecule has 0 spiro atoms. The van der Waals surface area contributed by atoms with E-state index >= 15 is 0 Å². The van der Waals surface area contributed by atoms with E-state index in [2.05, 4.69) is 0 Å². The molecule has 0 bridgehead atoms. The number of hydrogen-bond donors (Lipinski definition) is 0. The standard InChI is InChI=1S/C42H30F6N2O4/c1-51-25-7-13-35-29(19-25)30-20-26(52-2)8-14-36(30)49(35)39-17-23(5-11-33(39)41(43,44)45)24-6-12-34(42(46,47)48)40(18-24)50-37-15-9-27(53-3)21-31(37)32-22-28(54-4)10-16-38(32)50/h5-22H,1-4H3. The Balaban J connectivity index is 1.41. The smallest absolute Gasteiger partial charge is 0.418 e. The molecule has 6 aromatic carbocycles. The lowest BCUT2D eigenvalue weighted by atomic mass is 9.99. The average Bonchev–Trinajstić information content (AvgIpc) is 3.67. The number of fused-ring (bicyclic) bond motifs is 6. The van der Waals surface area contributed by atoms with Crippen LogP contribution in [-0.2, 0) is 12.4 Å². The molecule has 0 aliphatic rings. The second kappa shape index (κ2) is 12.7. The topological polar surface area (TPSA) is 46.8 Å². The number of aromatic nitrogens is 2. The first kappa shape index (κ1) is 34.8. The Morgan fingerprint density at radius 1 is 0.370 bits per heavy atom. The Morgan fingerprint density at radius 2 is 0.648 bits per heavy atom. The van der Waals surface area contributed by atoms with Crippen molar-refractivity contribution in [2.75, 3.05) is 28.4 Å². The van der Waals surface area contributed by atoms with Gasteiger partial charge in [-0.1, -0.05) is 12.1 Å². The highest BCUT2D eigenvalue weighted by atomic mass is 19.4. The molecule has 8 aromatic rings. The van der Waals surface area contributed by atoms with Crippen LogP contribution in [0.1, 0.15) is 11.1 Å². The molecule has 54 heavy (non-hydrogen) atoms. The van der Waals surface area contributed by atoms with Crippen molar-refractivity contribution in [3.8, 4) is 45.5 Å². The summed E-state index contributed by atoms with van der Waals surface area (Å²) < 4.78 is 114. The van der Waals surface area contributed by atoms with Crippen molar-refractivity contribution in [2.24, 2.45) is 0 Å². The summed E-state index contributed by atoms with van der Waals surface area (Å²) in [6.07, 6.45) is -9.54. The van der Waals surface area contributed by atoms with E-state index in [0.717, 1.165) is 12.1 Å². The molecule has 0 amide bonds. The molecule has 0 saturated heterocycles. The molecule has 0 N–H and O–H groups in total. The van der Waals surface area contributed by atoms with Crippen molar-refractivity contribution in [1.29, 1.82) is 0 Å². The lowest BCUT2D eigenvalue weighted by Gasteiger charge is -2.20. The van der Waals surface area contributed by atoms with Crippen LogP contribution in [0.3, 0.4) is 0 Å². The van der Waals surface area contributed by atoms with E-state index < -0.39 is 23.5 Å². The molecule has 0 aliphatic heterocycles. The molecule has 0 atom stereocenters. The quantitative estimate of drug-likeness (QED) is 0.153. The molecule has 0 unspecified atom stereocenters. The maximum Gasteiger partial charge on any atom is 0.418 e. The van der Waals surface area contributed by atoms with Crippen molar-refractivity contribution in [3.63, 3.8) is 0 Å². The zero-order valence-electron chi connectivity index (χ0n) is 29.2. The van der Waals surface area contributed by atoms with Gasteiger partial charge in [-0.25, -0.2) is 0 Å². The molecular weight excluding hydrogens is 710 g/mol. The van der Waals surface area contributed by atoms with Gasteiger partial charge in [0.2, 0.25) is 0 Å². The first-order valence-corrected chi connectivity index (χ1v) is 16.6. The van der Waals surface area contributed by atoms with Crippen molar-refractivity contribution in [2.45, 2.75) is 12.4 Å². The number of rotatable bonds is 7. The van der Waals surface area contributed by atoms with Crippen LogP contribution in [0.4, 0.5) is 26.3 Å². The molecule has 6 nitrogen and oxygen atoms in total. The fourth-order valence-corrected chi connectivity index (χ4v) is 7.26. The molecule has 12 heteroatoms. The minimum absolute atomic E-state index is 0.201. The van der Waals surface area contributed by atoms with Crippen LogP contribution < -0.4 is 18.9 Å². The molecule has 2 aromatic heterocycles. The molecule has 0 fully saturated rings. The number of hydrogen-bond acceptors (Lipinski definition) is 4. The van der Waals surface area contributed by atoms with E-state index in [0.29, 0.717) is 66.6 Å². The maximum atomic E-state index is 14.9. The van der Waals surface area contributed by atoms with Gasteiger partial charge in [-0.3, -0.25) is 0 Å². The Morgan fingerprint density at radius 3 is 0.889 bits per heavy atom. The Bertz CT molecular complexity index is 2450. The van der Waals surface area contributed by atoms with E-state index in [1.165, 1.54) is 61.8 Å². The minimum Gasteiger partial charge on any atom is -0.497 e. The third kappa shape index (κ3) is 5.60. The van der Waals surface area contributed by atoms with Gasteiger partial charge < -0.3 is 28.1 Å². The Kier molecular flexibility index (Phi) is 8.16. The van der Waals surface area contributed by atoms with Crippen LogP contribution in [0, 0.1) is 0 Å². The van der Waals surface area contributed by atoms with Crippen molar-refractivity contribution < 1.29 is 45.3 Å². The van der Waals surface area contributed by atoms with E-state index in [1.807, 2.05) is 0 Å². The monoisotopic (exact) mass is 740 g/mol. The summed E-state index contributed by atoms with van der Waals surface area (Å²) in [5.74, 6) is 2.03. The van der Waals surface area contributed by atoms with Crippen LogP contribution in [0.25, 0.3) is 66.1 Å². The van der Waals surface area contributed by atoms with E-state index in [4.69, 9.17) is 18.9 Å². The molecule has 8 rings (SSSR count). The van der Waals surface area contributed by atoms with E-state index in [-0.39, 0.29) is 22.5 Å². The predicted molar refractivity (Wildman–Crippen MR) is 197 cm³/mol. The third-order valence-electron chi connectivity index (χ3n) is 9.78. The van der Waals surface area contributed by atoms with Crippen LogP contribution in [-0.4, -0.2) is 37.6 Å². The van der Waals surface area contributed by atoms with Gasteiger partial charge in [0.25, 0.3) is 0 Å². The SMILES string of the molecule is COc1ccc2c(c1)c1cc(OC)ccc1n2-c1cc(-c2ccc(C(F)(F)F)c(-n3c4ccc(OC)cc4c4cc(OC)ccc43)c2)ccc1C(F)(F)F. The van der Waals surface area contributed by atoms with Crippen molar-refractivity contribution in [1.82, 2.24) is 9.13 Å². The zero-order valence-corrected chi connectivity index (χ0v) is 29.2. The number of alkyl halides is 6. The number of nitrogens with zero attached hydrogens (tertiary/aromatic N) is 2. The van der Waals surface area contributed by atoms with Gasteiger partial charge in [0.15, 0.2) is 0 Å². The second-order valence-electron chi connectivity index (χ2n) is 12.7. The van der Waals surface area contributed by atoms with Crippen molar-refractivity contribution in [3.05, 3.63) is 120 Å². The van der Waals surface area contributed by atoms with Crippen LogP contribution >= 0.6 is 0 Å². The largest absolute Gasteiger partial charge is 0.497 e. The van der Waals surface area contributed by atoms with Crippen LogP contribution in [0.5, 0.6) is 23.0 Å². The second-order valence-corrected chi connectivity index (χ2v) is 12.7. The summed E-state index contributed by atoms with van der Waals surface area (Å²) in [5.41, 5.74) is 0.154. The van der Waals surface area contributed by atoms with Gasteiger partial charge in [-0.2, -0.15) is 26.3 Å². The predicted octanol–water partition coefficient (Wildman–Crippen LogP) is 11.6. The van der Waals surface area contributed by atoms with Crippen molar-refractivity contribution >= 4 is 43.6 Å². The average molecular weight is 741 g/mol. The Hall–Kier alpha value is -6.30. The van der Waals surface area contributed by atoms with Gasteiger partial charge in [-0.05, 0) is 108 Å². The normalized spacial score (nSPS) is 12.3. The van der Waals surface area contributed by atoms with Crippen LogP contribution in [0.15, 0.2) is 109 Å². The summed E-state index contributed by atoms with van der Waals surface area (Å²) in [4.78, 5) is 0. The van der Waals surface area contributed by atoms with Gasteiger partial charge in [0.1, 0.15) is 23.0 Å². The molecule has 0 aliphatic carbocycles. The summed E-state index contributed by atoms with van der Waals surface area (Å²) >= 11 is 0. The molecule has 0 radical (unpaired) electrons. The van der Waals surface area contributed by atoms with Gasteiger partial charge >= 0.3 is 12.4 Å². The molecule has 2 heterocycles. The number of halogens is 6. The highest BCUT2D eigenvalue weighted by Gasteiger charge is 2.37.